The highest BCUT2D eigenvalue weighted by Crippen LogP contribution is 2.39. The molecule has 0 aliphatic carbocycles. The van der Waals surface area contributed by atoms with Gasteiger partial charge >= 0.3 is 0 Å². The van der Waals surface area contributed by atoms with Crippen molar-refractivity contribution in [1.82, 2.24) is 21.3 Å². The number of para-hydroxylation sites is 1. The van der Waals surface area contributed by atoms with Crippen LogP contribution in [0.15, 0.2) is 100 Å². The van der Waals surface area contributed by atoms with Gasteiger partial charge in [0.15, 0.2) is 16.8 Å². The average Bonchev–Trinajstić information content (AvgIpc) is 3.71. The second kappa shape index (κ2) is 21.5. The second-order valence-electron chi connectivity index (χ2n) is 14.3. The molecule has 0 atom stereocenters. The fourth-order valence-electron chi connectivity index (χ4n) is 7.09. The van der Waals surface area contributed by atoms with Gasteiger partial charge in [-0.05, 0) is 35.9 Å². The molecule has 0 saturated heterocycles. The Morgan fingerprint density at radius 1 is 0.758 bits per heavy atom. The largest absolute Gasteiger partial charge is 0.504 e. The van der Waals surface area contributed by atoms with Crippen LogP contribution >= 0.6 is 0 Å². The maximum atomic E-state index is 13.0. The number of nitrogens with one attached hydrogen (secondary N) is 3. The van der Waals surface area contributed by atoms with E-state index in [0.717, 1.165) is 33.8 Å². The summed E-state index contributed by atoms with van der Waals surface area (Å²) in [4.78, 5) is 40.0. The Bertz CT molecular complexity index is 2420. The number of fused-ring (bicyclic) bond motifs is 5. The molecular weight excluding hydrogens is 799 g/mol. The van der Waals surface area contributed by atoms with Crippen molar-refractivity contribution in [3.8, 4) is 22.8 Å². The number of aromatic hydroxyl groups is 2. The smallest absolute Gasteiger partial charge is 0.251 e. The van der Waals surface area contributed by atoms with Gasteiger partial charge < -0.3 is 54.0 Å². The standard InChI is InChI=1S/C46H51N5O11/c1-2-41(54)50-30-33-7-3-4-8-34(33)43-42(35-9-5-6-10-37(35)50)48-49-51(43)18-20-58-22-24-60-26-28-61-27-25-59-23-21-57-19-17-47-46(56)32-13-11-31(12-14-32)40-29-39(53)36-15-16-38(52)44(55)45(36)62-40/h3-16,29,48-49,52,55H,2,17-28,30H2,1H3,(H,47,56). The zero-order valence-corrected chi connectivity index (χ0v) is 34.5. The van der Waals surface area contributed by atoms with Gasteiger partial charge in [-0.1, -0.05) is 61.5 Å². The molecule has 7 rings (SSSR count). The van der Waals surface area contributed by atoms with Crippen molar-refractivity contribution in [3.05, 3.63) is 123 Å². The van der Waals surface area contributed by atoms with Gasteiger partial charge in [0.1, 0.15) is 5.76 Å². The SMILES string of the molecule is CCC(=O)N1Cc2ccccc2C2=C(NNN2CCOCCOCCOCCOCCOCCNC(=O)c2ccc(-c3cc(=O)c4ccc(O)c(O)c4o3)cc2)c2ccccc21. The third kappa shape index (κ3) is 10.6. The molecule has 2 amide bonds. The minimum atomic E-state index is -0.512. The van der Waals surface area contributed by atoms with E-state index < -0.39 is 11.5 Å². The first-order chi connectivity index (χ1) is 30.3. The molecule has 0 fully saturated rings. The molecule has 1 aromatic heterocycles. The number of carbonyl (C=O) groups excluding carboxylic acids is 2. The summed E-state index contributed by atoms with van der Waals surface area (Å²) in [5, 5.41) is 24.9. The number of anilines is 1. The number of hydrazine groups is 2. The maximum absolute atomic E-state index is 13.0. The van der Waals surface area contributed by atoms with E-state index in [-0.39, 0.29) is 34.0 Å². The lowest BCUT2D eigenvalue weighted by molar-refractivity contribution is -0.118. The number of phenols is 2. The molecule has 0 radical (unpaired) electrons. The van der Waals surface area contributed by atoms with Crippen LogP contribution in [0.25, 0.3) is 33.7 Å². The molecule has 62 heavy (non-hydrogen) atoms. The third-order valence-electron chi connectivity index (χ3n) is 10.3. The number of phenolic OH excluding ortho intramolecular Hbond substituents is 2. The number of benzene rings is 4. The number of hydrogen-bond acceptors (Lipinski definition) is 14. The lowest BCUT2D eigenvalue weighted by Gasteiger charge is -2.30. The average molecular weight is 850 g/mol. The Balaban J connectivity index is 0.709. The zero-order chi connectivity index (χ0) is 43.3. The van der Waals surface area contributed by atoms with E-state index in [4.69, 9.17) is 28.1 Å². The fourth-order valence-corrected chi connectivity index (χ4v) is 7.09. The summed E-state index contributed by atoms with van der Waals surface area (Å²) >= 11 is 0. The normalized spacial score (nSPS) is 13.3. The lowest BCUT2D eigenvalue weighted by atomic mass is 9.96. The molecule has 0 saturated carbocycles. The van der Waals surface area contributed by atoms with Gasteiger partial charge in [-0.2, -0.15) is 0 Å². The van der Waals surface area contributed by atoms with E-state index in [1.165, 1.54) is 18.2 Å². The number of hydrogen-bond donors (Lipinski definition) is 5. The van der Waals surface area contributed by atoms with E-state index in [1.807, 2.05) is 48.2 Å². The van der Waals surface area contributed by atoms with Crippen LogP contribution in [0.4, 0.5) is 5.69 Å². The van der Waals surface area contributed by atoms with Crippen LogP contribution in [-0.2, 0) is 35.0 Å². The Labute approximate surface area is 358 Å². The molecule has 16 nitrogen and oxygen atoms in total. The van der Waals surface area contributed by atoms with Crippen molar-refractivity contribution >= 4 is 39.9 Å². The summed E-state index contributed by atoms with van der Waals surface area (Å²) < 4.78 is 33.9. The van der Waals surface area contributed by atoms with Crippen LogP contribution in [0.1, 0.15) is 40.4 Å². The van der Waals surface area contributed by atoms with Gasteiger partial charge in [-0.25, -0.2) is 0 Å². The molecule has 2 aliphatic heterocycles. The highest BCUT2D eigenvalue weighted by Gasteiger charge is 2.32. The van der Waals surface area contributed by atoms with Gasteiger partial charge in [-0.3, -0.25) is 19.4 Å². The molecule has 4 aromatic carbocycles. The van der Waals surface area contributed by atoms with Crippen molar-refractivity contribution in [1.29, 1.82) is 0 Å². The number of amides is 2. The van der Waals surface area contributed by atoms with Crippen molar-refractivity contribution in [2.45, 2.75) is 19.9 Å². The van der Waals surface area contributed by atoms with Crippen molar-refractivity contribution in [2.75, 3.05) is 84.1 Å². The highest BCUT2D eigenvalue weighted by molar-refractivity contribution is 6.02. The Morgan fingerprint density at radius 3 is 2.08 bits per heavy atom. The molecule has 5 aromatic rings. The zero-order valence-electron chi connectivity index (χ0n) is 34.5. The van der Waals surface area contributed by atoms with Crippen molar-refractivity contribution in [2.24, 2.45) is 0 Å². The molecule has 3 heterocycles. The first-order valence-corrected chi connectivity index (χ1v) is 20.6. The van der Waals surface area contributed by atoms with Crippen LogP contribution in [-0.4, -0.2) is 106 Å². The summed E-state index contributed by atoms with van der Waals surface area (Å²) in [6, 6.07) is 26.5. The van der Waals surface area contributed by atoms with E-state index in [1.54, 1.807) is 24.3 Å². The summed E-state index contributed by atoms with van der Waals surface area (Å²) in [6.45, 7) is 7.36. The number of nitrogens with zero attached hydrogens (tertiary/aromatic N) is 2. The Kier molecular flexibility index (Phi) is 15.2. The Morgan fingerprint density at radius 2 is 1.39 bits per heavy atom. The minimum absolute atomic E-state index is 0.0724. The van der Waals surface area contributed by atoms with Crippen molar-refractivity contribution < 1.29 is 47.9 Å². The number of rotatable bonds is 21. The fraction of sp³-hybridized carbons (Fsp3) is 0.326. The summed E-state index contributed by atoms with van der Waals surface area (Å²) in [6.07, 6.45) is 0.417. The number of ether oxygens (including phenoxy) is 5. The topological polar surface area (TPSA) is 194 Å². The maximum Gasteiger partial charge on any atom is 0.251 e. The van der Waals surface area contributed by atoms with Gasteiger partial charge in [0.25, 0.3) is 5.91 Å². The summed E-state index contributed by atoms with van der Waals surface area (Å²) in [5.74, 6) is -0.937. The van der Waals surface area contributed by atoms with Gasteiger partial charge in [-0.15, -0.1) is 5.53 Å². The molecule has 0 bridgehead atoms. The molecule has 16 heteroatoms. The molecule has 2 aliphatic rings. The monoisotopic (exact) mass is 849 g/mol. The Hall–Kier alpha value is -6.27. The molecular formula is C46H51N5O11. The van der Waals surface area contributed by atoms with Crippen LogP contribution in [0.5, 0.6) is 11.5 Å². The van der Waals surface area contributed by atoms with E-state index in [9.17, 15) is 24.6 Å². The first-order valence-electron chi connectivity index (χ1n) is 20.6. The van der Waals surface area contributed by atoms with Crippen molar-refractivity contribution in [3.63, 3.8) is 0 Å². The molecule has 0 spiro atoms. The lowest BCUT2D eigenvalue weighted by Crippen LogP contribution is -2.39. The van der Waals surface area contributed by atoms with E-state index in [0.29, 0.717) is 103 Å². The predicted octanol–water partition coefficient (Wildman–Crippen LogP) is 4.79. The molecule has 326 valence electrons. The summed E-state index contributed by atoms with van der Waals surface area (Å²) in [7, 11) is 0. The van der Waals surface area contributed by atoms with E-state index in [2.05, 4.69) is 33.4 Å². The molecule has 5 N–H and O–H groups in total. The molecule has 0 unspecified atom stereocenters. The first kappa shape index (κ1) is 43.8. The van der Waals surface area contributed by atoms with Crippen LogP contribution in [0.2, 0.25) is 0 Å². The van der Waals surface area contributed by atoms with Crippen LogP contribution in [0.3, 0.4) is 0 Å². The quantitative estimate of drug-likeness (QED) is 0.0500. The van der Waals surface area contributed by atoms with Crippen LogP contribution in [0, 0.1) is 0 Å². The number of carbonyl (C=O) groups is 2. The van der Waals surface area contributed by atoms with Gasteiger partial charge in [0, 0.05) is 41.3 Å². The second-order valence-corrected chi connectivity index (χ2v) is 14.3. The van der Waals surface area contributed by atoms with E-state index >= 15 is 0 Å². The predicted molar refractivity (Wildman–Crippen MR) is 232 cm³/mol. The minimum Gasteiger partial charge on any atom is -0.504 e. The van der Waals surface area contributed by atoms with Gasteiger partial charge in [0.2, 0.25) is 11.7 Å². The summed E-state index contributed by atoms with van der Waals surface area (Å²) in [5.41, 5.74) is 13.0. The van der Waals surface area contributed by atoms with Gasteiger partial charge in [0.05, 0.1) is 102 Å². The third-order valence-corrected chi connectivity index (χ3v) is 10.3. The highest BCUT2D eigenvalue weighted by atomic mass is 16.6. The van der Waals surface area contributed by atoms with Crippen LogP contribution < -0.4 is 26.6 Å².